The van der Waals surface area contributed by atoms with Gasteiger partial charge in [-0.2, -0.15) is 0 Å². The SMILES string of the molecule is COC(=O)c1ncc2cccc(Oc3ccccc3)c2c1O. The largest absolute Gasteiger partial charge is 0.505 e. The summed E-state index contributed by atoms with van der Waals surface area (Å²) >= 11 is 0. The first-order chi connectivity index (χ1) is 10.7. The Morgan fingerprint density at radius 3 is 2.59 bits per heavy atom. The number of benzene rings is 2. The molecule has 0 aliphatic heterocycles. The molecule has 0 saturated heterocycles. The topological polar surface area (TPSA) is 68.7 Å². The van der Waals surface area contributed by atoms with Gasteiger partial charge in [0, 0.05) is 11.6 Å². The molecule has 110 valence electrons. The molecule has 0 saturated carbocycles. The minimum absolute atomic E-state index is 0.140. The van der Waals surface area contributed by atoms with E-state index in [0.29, 0.717) is 22.3 Å². The monoisotopic (exact) mass is 295 g/mol. The van der Waals surface area contributed by atoms with E-state index in [4.69, 9.17) is 4.74 Å². The smallest absolute Gasteiger partial charge is 0.360 e. The van der Waals surface area contributed by atoms with E-state index >= 15 is 0 Å². The van der Waals surface area contributed by atoms with Crippen molar-refractivity contribution in [3.63, 3.8) is 0 Å². The summed E-state index contributed by atoms with van der Waals surface area (Å²) < 4.78 is 10.4. The quantitative estimate of drug-likeness (QED) is 0.749. The fraction of sp³-hybridized carbons (Fsp3) is 0.0588. The highest BCUT2D eigenvalue weighted by molar-refractivity contribution is 6.01. The number of ether oxygens (including phenoxy) is 2. The van der Waals surface area contributed by atoms with Crippen LogP contribution in [0, 0.1) is 0 Å². The first-order valence-corrected chi connectivity index (χ1v) is 6.62. The number of pyridine rings is 1. The standard InChI is InChI=1S/C17H13NO4/c1-21-17(20)15-16(19)14-11(10-18-15)6-5-9-13(14)22-12-7-3-2-4-8-12/h2-10,19H,1H3. The number of carbonyl (C=O) groups is 1. The van der Waals surface area contributed by atoms with Gasteiger partial charge in [0.25, 0.3) is 0 Å². The number of hydrogen-bond donors (Lipinski definition) is 1. The van der Waals surface area contributed by atoms with Gasteiger partial charge in [0.2, 0.25) is 0 Å². The number of fused-ring (bicyclic) bond motifs is 1. The molecular formula is C17H13NO4. The molecule has 1 N–H and O–H groups in total. The third kappa shape index (κ3) is 2.44. The van der Waals surface area contributed by atoms with Gasteiger partial charge in [0.05, 0.1) is 12.5 Å². The minimum Gasteiger partial charge on any atom is -0.505 e. The fourth-order valence-corrected chi connectivity index (χ4v) is 2.17. The molecular weight excluding hydrogens is 282 g/mol. The van der Waals surface area contributed by atoms with Crippen molar-refractivity contribution in [2.24, 2.45) is 0 Å². The predicted molar refractivity (Wildman–Crippen MR) is 81.3 cm³/mol. The second kappa shape index (κ2) is 5.73. The Balaban J connectivity index is 2.16. The van der Waals surface area contributed by atoms with Crippen LogP contribution in [0.2, 0.25) is 0 Å². The summed E-state index contributed by atoms with van der Waals surface area (Å²) in [5.74, 6) is 0.115. The summed E-state index contributed by atoms with van der Waals surface area (Å²) in [5, 5.41) is 11.5. The molecule has 3 aromatic rings. The molecule has 0 unspecified atom stereocenters. The lowest BCUT2D eigenvalue weighted by Crippen LogP contribution is -2.04. The van der Waals surface area contributed by atoms with Gasteiger partial charge in [0.1, 0.15) is 11.5 Å². The Labute approximate surface area is 126 Å². The molecule has 0 aliphatic carbocycles. The van der Waals surface area contributed by atoms with Gasteiger partial charge >= 0.3 is 5.97 Å². The number of methoxy groups -OCH3 is 1. The zero-order valence-corrected chi connectivity index (χ0v) is 11.8. The van der Waals surface area contributed by atoms with Crippen LogP contribution in [0.3, 0.4) is 0 Å². The zero-order chi connectivity index (χ0) is 15.5. The number of nitrogens with zero attached hydrogens (tertiary/aromatic N) is 1. The number of hydrogen-bond acceptors (Lipinski definition) is 5. The van der Waals surface area contributed by atoms with Crippen LogP contribution >= 0.6 is 0 Å². The number of esters is 1. The molecule has 1 heterocycles. The van der Waals surface area contributed by atoms with E-state index in [2.05, 4.69) is 9.72 Å². The van der Waals surface area contributed by atoms with Gasteiger partial charge < -0.3 is 14.6 Å². The Kier molecular flexibility index (Phi) is 3.62. The van der Waals surface area contributed by atoms with Crippen molar-refractivity contribution in [2.75, 3.05) is 7.11 Å². The number of aromatic hydroxyl groups is 1. The Hall–Kier alpha value is -3.08. The average molecular weight is 295 g/mol. The summed E-state index contributed by atoms with van der Waals surface area (Å²) in [4.78, 5) is 15.6. The lowest BCUT2D eigenvalue weighted by Gasteiger charge is -2.11. The number of carbonyl (C=O) groups excluding carboxylic acids is 1. The molecule has 2 aromatic carbocycles. The maximum Gasteiger partial charge on any atom is 0.360 e. The van der Waals surface area contributed by atoms with Crippen LogP contribution in [0.25, 0.3) is 10.8 Å². The first kappa shape index (κ1) is 13.9. The van der Waals surface area contributed by atoms with Gasteiger partial charge in [-0.1, -0.05) is 30.3 Å². The van der Waals surface area contributed by atoms with E-state index in [9.17, 15) is 9.90 Å². The molecule has 5 nitrogen and oxygen atoms in total. The zero-order valence-electron chi connectivity index (χ0n) is 11.8. The van der Waals surface area contributed by atoms with Crippen molar-refractivity contribution in [1.29, 1.82) is 0 Å². The van der Waals surface area contributed by atoms with Crippen molar-refractivity contribution in [3.05, 3.63) is 60.4 Å². The fourth-order valence-electron chi connectivity index (χ4n) is 2.17. The van der Waals surface area contributed by atoms with Gasteiger partial charge in [-0.05, 0) is 18.2 Å². The summed E-state index contributed by atoms with van der Waals surface area (Å²) in [6, 6.07) is 14.5. The van der Waals surface area contributed by atoms with Crippen LogP contribution in [0.15, 0.2) is 54.7 Å². The first-order valence-electron chi connectivity index (χ1n) is 6.62. The molecule has 0 radical (unpaired) electrons. The summed E-state index contributed by atoms with van der Waals surface area (Å²) in [6.07, 6.45) is 1.50. The highest BCUT2D eigenvalue weighted by Gasteiger charge is 2.19. The molecule has 0 amide bonds. The van der Waals surface area contributed by atoms with Crippen molar-refractivity contribution >= 4 is 16.7 Å². The maximum absolute atomic E-state index is 11.7. The lowest BCUT2D eigenvalue weighted by molar-refractivity contribution is 0.0591. The van der Waals surface area contributed by atoms with Crippen LogP contribution in [0.4, 0.5) is 0 Å². The molecule has 0 aliphatic rings. The second-order valence-corrected chi connectivity index (χ2v) is 4.58. The van der Waals surface area contributed by atoms with Crippen molar-refractivity contribution < 1.29 is 19.4 Å². The van der Waals surface area contributed by atoms with E-state index in [-0.39, 0.29) is 11.4 Å². The molecule has 0 spiro atoms. The number of aromatic nitrogens is 1. The Morgan fingerprint density at radius 2 is 1.86 bits per heavy atom. The summed E-state index contributed by atoms with van der Waals surface area (Å²) in [5.41, 5.74) is -0.140. The van der Waals surface area contributed by atoms with E-state index in [1.54, 1.807) is 30.3 Å². The van der Waals surface area contributed by atoms with Crippen molar-refractivity contribution in [3.8, 4) is 17.2 Å². The third-order valence-electron chi connectivity index (χ3n) is 3.20. The molecule has 0 fully saturated rings. The van der Waals surface area contributed by atoms with Crippen LogP contribution in [-0.4, -0.2) is 23.2 Å². The third-order valence-corrected chi connectivity index (χ3v) is 3.20. The molecule has 22 heavy (non-hydrogen) atoms. The average Bonchev–Trinajstić information content (AvgIpc) is 2.55. The van der Waals surface area contributed by atoms with Crippen LogP contribution in [-0.2, 0) is 4.74 Å². The summed E-state index contributed by atoms with van der Waals surface area (Å²) in [7, 11) is 1.24. The number of para-hydroxylation sites is 1. The summed E-state index contributed by atoms with van der Waals surface area (Å²) in [6.45, 7) is 0. The predicted octanol–water partition coefficient (Wildman–Crippen LogP) is 3.52. The van der Waals surface area contributed by atoms with Crippen molar-refractivity contribution in [1.82, 2.24) is 4.98 Å². The Bertz CT molecular complexity index is 831. The second-order valence-electron chi connectivity index (χ2n) is 4.58. The van der Waals surface area contributed by atoms with E-state index in [0.717, 1.165) is 0 Å². The molecule has 0 atom stereocenters. The van der Waals surface area contributed by atoms with Crippen LogP contribution < -0.4 is 4.74 Å². The molecule has 5 heteroatoms. The van der Waals surface area contributed by atoms with Gasteiger partial charge in [0.15, 0.2) is 11.4 Å². The van der Waals surface area contributed by atoms with E-state index in [1.807, 2.05) is 18.2 Å². The Morgan fingerprint density at radius 1 is 1.09 bits per heavy atom. The van der Waals surface area contributed by atoms with Gasteiger partial charge in [-0.15, -0.1) is 0 Å². The molecule has 3 rings (SSSR count). The van der Waals surface area contributed by atoms with E-state index < -0.39 is 5.97 Å². The van der Waals surface area contributed by atoms with Crippen LogP contribution in [0.1, 0.15) is 10.5 Å². The minimum atomic E-state index is -0.700. The van der Waals surface area contributed by atoms with E-state index in [1.165, 1.54) is 13.3 Å². The maximum atomic E-state index is 11.7. The van der Waals surface area contributed by atoms with Gasteiger partial charge in [-0.3, -0.25) is 0 Å². The molecule has 1 aromatic heterocycles. The lowest BCUT2D eigenvalue weighted by atomic mass is 10.1. The highest BCUT2D eigenvalue weighted by Crippen LogP contribution is 2.37. The van der Waals surface area contributed by atoms with Gasteiger partial charge in [-0.25, -0.2) is 9.78 Å². The molecule has 0 bridgehead atoms. The number of rotatable bonds is 3. The van der Waals surface area contributed by atoms with Crippen LogP contribution in [0.5, 0.6) is 17.2 Å². The van der Waals surface area contributed by atoms with Crippen molar-refractivity contribution in [2.45, 2.75) is 0 Å². The normalized spacial score (nSPS) is 10.4. The highest BCUT2D eigenvalue weighted by atomic mass is 16.5.